The summed E-state index contributed by atoms with van der Waals surface area (Å²) in [6.45, 7) is -0.0118. The molecule has 102 valence electrons. The van der Waals surface area contributed by atoms with Gasteiger partial charge >= 0.3 is 5.76 Å². The fourth-order valence-electron chi connectivity index (χ4n) is 1.72. The Kier molecular flexibility index (Phi) is 3.27. The van der Waals surface area contributed by atoms with Gasteiger partial charge in [-0.2, -0.15) is 4.68 Å². The van der Waals surface area contributed by atoms with E-state index in [1.807, 2.05) is 0 Å². The second-order valence-electron chi connectivity index (χ2n) is 4.04. The van der Waals surface area contributed by atoms with Gasteiger partial charge in [0.15, 0.2) is 5.76 Å². The van der Waals surface area contributed by atoms with Crippen LogP contribution in [0.1, 0.15) is 5.56 Å². The molecule has 0 N–H and O–H groups in total. The third-order valence-corrected chi connectivity index (χ3v) is 3.17. The Labute approximate surface area is 120 Å². The van der Waals surface area contributed by atoms with Crippen LogP contribution in [0.3, 0.4) is 0 Å². The fourth-order valence-corrected chi connectivity index (χ4v) is 2.05. The zero-order valence-electron chi connectivity index (χ0n) is 10.0. The number of furan rings is 1. The van der Waals surface area contributed by atoms with Crippen molar-refractivity contribution in [1.29, 1.82) is 0 Å². The number of nitrogens with zero attached hydrogens (tertiary/aromatic N) is 2. The fraction of sp³-hybridized carbons (Fsp3) is 0.0769. The van der Waals surface area contributed by atoms with E-state index in [0.29, 0.717) is 15.8 Å². The highest BCUT2D eigenvalue weighted by Gasteiger charge is 2.14. The third-order valence-electron chi connectivity index (χ3n) is 2.67. The molecule has 20 heavy (non-hydrogen) atoms. The Morgan fingerprint density at radius 1 is 1.35 bits per heavy atom. The molecule has 2 heterocycles. The van der Waals surface area contributed by atoms with Gasteiger partial charge in [-0.05, 0) is 24.3 Å². The van der Waals surface area contributed by atoms with Crippen LogP contribution < -0.4 is 5.76 Å². The Morgan fingerprint density at radius 2 is 2.20 bits per heavy atom. The molecule has 0 aliphatic rings. The maximum absolute atomic E-state index is 13.7. The standard InChI is InChI=1S/C13H8BrFN2O3/c14-9-4-3-8(10(15)6-9)7-17-13(18)20-12(16-17)11-2-1-5-19-11/h1-6H,7H2. The first-order valence-electron chi connectivity index (χ1n) is 5.69. The molecule has 0 bridgehead atoms. The summed E-state index contributed by atoms with van der Waals surface area (Å²) in [4.78, 5) is 11.7. The van der Waals surface area contributed by atoms with Crippen molar-refractivity contribution in [2.45, 2.75) is 6.54 Å². The summed E-state index contributed by atoms with van der Waals surface area (Å²) < 4.78 is 25.5. The van der Waals surface area contributed by atoms with Crippen LogP contribution in [0.15, 0.2) is 54.7 Å². The lowest BCUT2D eigenvalue weighted by molar-refractivity contribution is 0.474. The lowest BCUT2D eigenvalue weighted by atomic mass is 10.2. The van der Waals surface area contributed by atoms with Crippen molar-refractivity contribution < 1.29 is 13.2 Å². The third kappa shape index (κ3) is 2.44. The van der Waals surface area contributed by atoms with Gasteiger partial charge in [-0.25, -0.2) is 9.18 Å². The smallest absolute Gasteiger partial charge is 0.437 e. The van der Waals surface area contributed by atoms with Gasteiger partial charge in [0.1, 0.15) is 5.82 Å². The molecule has 5 nitrogen and oxygen atoms in total. The largest absolute Gasteiger partial charge is 0.459 e. The van der Waals surface area contributed by atoms with Crippen molar-refractivity contribution >= 4 is 15.9 Å². The summed E-state index contributed by atoms with van der Waals surface area (Å²) in [6.07, 6.45) is 1.45. The molecule has 1 aromatic carbocycles. The van der Waals surface area contributed by atoms with Crippen molar-refractivity contribution in [3.8, 4) is 11.7 Å². The molecule has 7 heteroatoms. The van der Waals surface area contributed by atoms with Gasteiger partial charge in [-0.15, -0.1) is 5.10 Å². The molecule has 0 radical (unpaired) electrons. The Bertz CT molecular complexity index is 792. The molecule has 0 aliphatic carbocycles. The zero-order valence-corrected chi connectivity index (χ0v) is 11.6. The number of aromatic nitrogens is 2. The first-order chi connectivity index (χ1) is 9.63. The normalized spacial score (nSPS) is 10.9. The maximum Gasteiger partial charge on any atom is 0.437 e. The Balaban J connectivity index is 1.93. The lowest BCUT2D eigenvalue weighted by Gasteiger charge is -2.01. The quantitative estimate of drug-likeness (QED) is 0.736. The van der Waals surface area contributed by atoms with Crippen LogP contribution >= 0.6 is 15.9 Å². The van der Waals surface area contributed by atoms with E-state index in [4.69, 9.17) is 8.83 Å². The summed E-state index contributed by atoms with van der Waals surface area (Å²) in [5.74, 6) is -0.679. The topological polar surface area (TPSA) is 61.2 Å². The Morgan fingerprint density at radius 3 is 2.90 bits per heavy atom. The minimum Gasteiger partial charge on any atom is -0.459 e. The molecule has 2 aromatic heterocycles. The number of hydrogen-bond donors (Lipinski definition) is 0. The molecule has 3 aromatic rings. The first-order valence-corrected chi connectivity index (χ1v) is 6.48. The number of halogens is 2. The first kappa shape index (κ1) is 12.9. The molecule has 0 atom stereocenters. The van der Waals surface area contributed by atoms with E-state index in [2.05, 4.69) is 21.0 Å². The van der Waals surface area contributed by atoms with Crippen molar-refractivity contribution in [2.75, 3.05) is 0 Å². The van der Waals surface area contributed by atoms with E-state index >= 15 is 0 Å². The van der Waals surface area contributed by atoms with Crippen LogP contribution in [0.5, 0.6) is 0 Å². The highest BCUT2D eigenvalue weighted by atomic mass is 79.9. The molecule has 0 spiro atoms. The SMILES string of the molecule is O=c1oc(-c2ccco2)nn1Cc1ccc(Br)cc1F. The van der Waals surface area contributed by atoms with Crippen LogP contribution in [0.4, 0.5) is 4.39 Å². The minimum absolute atomic E-state index is 0.0118. The lowest BCUT2D eigenvalue weighted by Crippen LogP contribution is -2.17. The van der Waals surface area contributed by atoms with E-state index in [1.54, 1.807) is 24.3 Å². The van der Waals surface area contributed by atoms with Crippen molar-refractivity contribution in [3.63, 3.8) is 0 Å². The van der Waals surface area contributed by atoms with Crippen molar-refractivity contribution in [3.05, 3.63) is 63.0 Å². The van der Waals surface area contributed by atoms with Crippen LogP contribution in [-0.4, -0.2) is 9.78 Å². The summed E-state index contributed by atoms with van der Waals surface area (Å²) in [6, 6.07) is 7.87. The maximum atomic E-state index is 13.7. The number of hydrogen-bond acceptors (Lipinski definition) is 4. The molecule has 0 saturated heterocycles. The molecular weight excluding hydrogens is 331 g/mol. The van der Waals surface area contributed by atoms with E-state index in [1.165, 1.54) is 12.3 Å². The van der Waals surface area contributed by atoms with Gasteiger partial charge in [0.05, 0.1) is 12.8 Å². The molecule has 0 unspecified atom stereocenters. The van der Waals surface area contributed by atoms with Gasteiger partial charge in [-0.1, -0.05) is 22.0 Å². The molecule has 3 rings (SSSR count). The highest BCUT2D eigenvalue weighted by Crippen LogP contribution is 2.17. The van der Waals surface area contributed by atoms with Crippen molar-refractivity contribution in [1.82, 2.24) is 9.78 Å². The van der Waals surface area contributed by atoms with Crippen LogP contribution in [0.2, 0.25) is 0 Å². The van der Waals surface area contributed by atoms with E-state index in [0.717, 1.165) is 4.68 Å². The van der Waals surface area contributed by atoms with E-state index in [9.17, 15) is 9.18 Å². The van der Waals surface area contributed by atoms with E-state index < -0.39 is 11.6 Å². The molecule has 0 amide bonds. The average molecular weight is 339 g/mol. The van der Waals surface area contributed by atoms with Gasteiger partial charge in [0.2, 0.25) is 0 Å². The summed E-state index contributed by atoms with van der Waals surface area (Å²) >= 11 is 3.17. The second kappa shape index (κ2) is 5.09. The predicted molar refractivity (Wildman–Crippen MR) is 71.7 cm³/mol. The number of benzene rings is 1. The molecule has 0 aliphatic heterocycles. The monoisotopic (exact) mass is 338 g/mol. The predicted octanol–water partition coefficient (Wildman–Crippen LogP) is 3.05. The second-order valence-corrected chi connectivity index (χ2v) is 4.96. The van der Waals surface area contributed by atoms with Crippen LogP contribution in [0.25, 0.3) is 11.7 Å². The van der Waals surface area contributed by atoms with Crippen LogP contribution in [-0.2, 0) is 6.54 Å². The molecular formula is C13H8BrFN2O3. The highest BCUT2D eigenvalue weighted by molar-refractivity contribution is 9.10. The average Bonchev–Trinajstić information content (AvgIpc) is 3.03. The van der Waals surface area contributed by atoms with Gasteiger partial charge in [0, 0.05) is 10.0 Å². The zero-order chi connectivity index (χ0) is 14.1. The molecule has 0 saturated carbocycles. The minimum atomic E-state index is -0.668. The number of rotatable bonds is 3. The Hall–Kier alpha value is -2.15. The van der Waals surface area contributed by atoms with Gasteiger partial charge in [-0.3, -0.25) is 0 Å². The molecule has 0 fully saturated rings. The van der Waals surface area contributed by atoms with Gasteiger partial charge < -0.3 is 8.83 Å². The summed E-state index contributed by atoms with van der Waals surface area (Å²) in [5.41, 5.74) is 0.342. The van der Waals surface area contributed by atoms with Crippen LogP contribution in [0, 0.1) is 5.82 Å². The summed E-state index contributed by atoms with van der Waals surface area (Å²) in [5, 5.41) is 3.98. The van der Waals surface area contributed by atoms with E-state index in [-0.39, 0.29) is 12.4 Å². The summed E-state index contributed by atoms with van der Waals surface area (Å²) in [7, 11) is 0. The van der Waals surface area contributed by atoms with Crippen molar-refractivity contribution in [2.24, 2.45) is 0 Å². The van der Waals surface area contributed by atoms with Gasteiger partial charge in [0.25, 0.3) is 5.89 Å².